The molecule has 1 heterocycles. The van der Waals surface area contributed by atoms with Gasteiger partial charge >= 0.3 is 0 Å². The summed E-state index contributed by atoms with van der Waals surface area (Å²) in [5.74, 6) is 0.645. The van der Waals surface area contributed by atoms with Crippen LogP contribution in [0.25, 0.3) is 0 Å². The maximum atomic E-state index is 11.5. The van der Waals surface area contributed by atoms with Crippen LogP contribution in [-0.4, -0.2) is 49.1 Å². The van der Waals surface area contributed by atoms with Crippen molar-refractivity contribution in [3.8, 4) is 5.75 Å². The van der Waals surface area contributed by atoms with Crippen molar-refractivity contribution < 1.29 is 14.6 Å². The Kier molecular flexibility index (Phi) is 6.15. The molecule has 5 nitrogen and oxygen atoms in total. The molecule has 1 aromatic rings. The number of aliphatic hydroxyl groups is 1. The monoisotopic (exact) mass is 368 g/mol. The fourth-order valence-corrected chi connectivity index (χ4v) is 3.89. The second kappa shape index (κ2) is 7.62. The minimum Gasteiger partial charge on any atom is -0.495 e. The quantitative estimate of drug-likeness (QED) is 0.754. The average molecular weight is 369 g/mol. The highest BCUT2D eigenvalue weighted by Gasteiger charge is 2.49. The van der Waals surface area contributed by atoms with Gasteiger partial charge in [0, 0.05) is 25.0 Å². The van der Waals surface area contributed by atoms with Gasteiger partial charge < -0.3 is 25.3 Å². The Balaban J connectivity index is 2.20. The van der Waals surface area contributed by atoms with Crippen molar-refractivity contribution in [3.05, 3.63) is 28.8 Å². The lowest BCUT2D eigenvalue weighted by Crippen LogP contribution is -2.56. The SMILES string of the molecule is COc1cc(C2(O)CCN(CC(C)[C@@H](N)C=O)CC2(C)C)ccc1Cl. The highest BCUT2D eigenvalue weighted by Crippen LogP contribution is 2.47. The van der Waals surface area contributed by atoms with E-state index in [9.17, 15) is 9.90 Å². The van der Waals surface area contributed by atoms with Gasteiger partial charge in [-0.1, -0.05) is 38.4 Å². The fourth-order valence-electron chi connectivity index (χ4n) is 3.70. The molecule has 3 N–H and O–H groups in total. The molecule has 1 aliphatic rings. The molecule has 3 atom stereocenters. The number of methoxy groups -OCH3 is 1. The van der Waals surface area contributed by atoms with E-state index < -0.39 is 11.6 Å². The minimum absolute atomic E-state index is 0.0788. The molecule has 1 fully saturated rings. The number of carbonyl (C=O) groups is 1. The van der Waals surface area contributed by atoms with Crippen LogP contribution in [0.2, 0.25) is 5.02 Å². The van der Waals surface area contributed by atoms with Crippen LogP contribution in [0.5, 0.6) is 5.75 Å². The highest BCUT2D eigenvalue weighted by atomic mass is 35.5. The number of aldehydes is 1. The van der Waals surface area contributed by atoms with Crippen molar-refractivity contribution >= 4 is 17.9 Å². The number of piperidine rings is 1. The first kappa shape index (κ1) is 20.2. The Hall–Kier alpha value is -1.14. The van der Waals surface area contributed by atoms with Gasteiger partial charge in [-0.15, -0.1) is 0 Å². The van der Waals surface area contributed by atoms with Crippen LogP contribution in [0.15, 0.2) is 18.2 Å². The molecule has 25 heavy (non-hydrogen) atoms. The number of nitrogens with two attached hydrogens (primary N) is 1. The third-order valence-electron chi connectivity index (χ3n) is 5.52. The van der Waals surface area contributed by atoms with E-state index in [0.29, 0.717) is 23.7 Å². The lowest BCUT2D eigenvalue weighted by atomic mass is 9.66. The summed E-state index contributed by atoms with van der Waals surface area (Å²) < 4.78 is 5.30. The van der Waals surface area contributed by atoms with Gasteiger partial charge in [-0.05, 0) is 30.0 Å². The number of carbonyl (C=O) groups excluding carboxylic acids is 1. The topological polar surface area (TPSA) is 75.8 Å². The van der Waals surface area contributed by atoms with Gasteiger partial charge in [0.25, 0.3) is 0 Å². The van der Waals surface area contributed by atoms with E-state index in [1.54, 1.807) is 13.2 Å². The summed E-state index contributed by atoms with van der Waals surface area (Å²) in [5, 5.41) is 12.0. The summed E-state index contributed by atoms with van der Waals surface area (Å²) in [6.07, 6.45) is 1.39. The van der Waals surface area contributed by atoms with E-state index in [1.807, 2.05) is 19.1 Å². The second-order valence-corrected chi connectivity index (χ2v) is 8.18. The Labute approximate surface area is 155 Å². The molecule has 140 valence electrons. The maximum Gasteiger partial charge on any atom is 0.137 e. The zero-order valence-electron chi connectivity index (χ0n) is 15.5. The largest absolute Gasteiger partial charge is 0.495 e. The standard InChI is InChI=1S/C19H29ClN2O3/c1-13(16(21)11-23)10-22-8-7-19(24,18(2,3)12-22)14-5-6-15(20)17(9-14)25-4/h5-6,9,11,13,16,24H,7-8,10,12,21H2,1-4H3/t13?,16-,19?/m0/s1. The van der Waals surface area contributed by atoms with E-state index in [1.165, 1.54) is 0 Å². The summed E-state index contributed by atoms with van der Waals surface area (Å²) in [6, 6.07) is 5.00. The molecule has 1 aliphatic heterocycles. The number of nitrogens with zero attached hydrogens (tertiary/aromatic N) is 1. The Morgan fingerprint density at radius 1 is 1.48 bits per heavy atom. The molecule has 0 aliphatic carbocycles. The predicted octanol–water partition coefficient (Wildman–Crippen LogP) is 2.43. The molecule has 1 saturated heterocycles. The summed E-state index contributed by atoms with van der Waals surface area (Å²) in [6.45, 7) is 8.29. The number of rotatable bonds is 6. The molecule has 2 rings (SSSR count). The van der Waals surface area contributed by atoms with Crippen molar-refractivity contribution in [2.75, 3.05) is 26.7 Å². The minimum atomic E-state index is -0.975. The summed E-state index contributed by atoms with van der Waals surface area (Å²) in [4.78, 5) is 13.2. The van der Waals surface area contributed by atoms with Crippen LogP contribution in [0.4, 0.5) is 0 Å². The average Bonchev–Trinajstić information content (AvgIpc) is 2.57. The van der Waals surface area contributed by atoms with Gasteiger partial charge in [-0.25, -0.2) is 0 Å². The van der Waals surface area contributed by atoms with Gasteiger partial charge in [0.1, 0.15) is 12.0 Å². The zero-order valence-corrected chi connectivity index (χ0v) is 16.2. The van der Waals surface area contributed by atoms with Gasteiger partial charge in [0.2, 0.25) is 0 Å². The molecule has 0 saturated carbocycles. The lowest BCUT2D eigenvalue weighted by molar-refractivity contribution is -0.128. The van der Waals surface area contributed by atoms with E-state index in [2.05, 4.69) is 18.7 Å². The summed E-state index contributed by atoms with van der Waals surface area (Å²) in [5.41, 5.74) is 5.28. The van der Waals surface area contributed by atoms with Crippen molar-refractivity contribution in [1.29, 1.82) is 0 Å². The Bertz CT molecular complexity index is 623. The lowest BCUT2D eigenvalue weighted by Gasteiger charge is -2.51. The van der Waals surface area contributed by atoms with E-state index in [4.69, 9.17) is 22.1 Å². The summed E-state index contributed by atoms with van der Waals surface area (Å²) >= 11 is 6.12. The molecule has 0 spiro atoms. The Morgan fingerprint density at radius 3 is 2.72 bits per heavy atom. The first-order chi connectivity index (χ1) is 11.6. The molecule has 1 aromatic carbocycles. The first-order valence-corrected chi connectivity index (χ1v) is 9.02. The normalized spacial score (nSPS) is 26.0. The van der Waals surface area contributed by atoms with Crippen molar-refractivity contribution in [2.45, 2.75) is 38.8 Å². The molecule has 0 bridgehead atoms. The van der Waals surface area contributed by atoms with Crippen molar-refractivity contribution in [1.82, 2.24) is 4.90 Å². The second-order valence-electron chi connectivity index (χ2n) is 7.77. The summed E-state index contributed by atoms with van der Waals surface area (Å²) in [7, 11) is 1.57. The van der Waals surface area contributed by atoms with E-state index in [-0.39, 0.29) is 11.3 Å². The van der Waals surface area contributed by atoms with Crippen LogP contribution in [0, 0.1) is 11.3 Å². The van der Waals surface area contributed by atoms with Gasteiger partial charge in [0.05, 0.1) is 23.8 Å². The molecule has 0 amide bonds. The highest BCUT2D eigenvalue weighted by molar-refractivity contribution is 6.32. The molecule has 6 heteroatoms. The number of benzene rings is 1. The van der Waals surface area contributed by atoms with Crippen LogP contribution in [0.3, 0.4) is 0 Å². The number of halogens is 1. The van der Waals surface area contributed by atoms with E-state index >= 15 is 0 Å². The third-order valence-corrected chi connectivity index (χ3v) is 5.83. The zero-order chi connectivity index (χ0) is 18.8. The number of hydrogen-bond donors (Lipinski definition) is 2. The predicted molar refractivity (Wildman–Crippen MR) is 99.9 cm³/mol. The van der Waals surface area contributed by atoms with Crippen LogP contribution in [-0.2, 0) is 10.4 Å². The van der Waals surface area contributed by atoms with E-state index in [0.717, 1.165) is 24.9 Å². The maximum absolute atomic E-state index is 11.5. The number of likely N-dealkylation sites (tertiary alicyclic amines) is 1. The van der Waals surface area contributed by atoms with Crippen LogP contribution in [0.1, 0.15) is 32.8 Å². The van der Waals surface area contributed by atoms with Gasteiger partial charge in [-0.2, -0.15) is 0 Å². The number of hydrogen-bond acceptors (Lipinski definition) is 5. The molecular formula is C19H29ClN2O3. The fraction of sp³-hybridized carbons (Fsp3) is 0.632. The van der Waals surface area contributed by atoms with Crippen LogP contribution >= 0.6 is 11.6 Å². The molecular weight excluding hydrogens is 340 g/mol. The first-order valence-electron chi connectivity index (χ1n) is 8.64. The van der Waals surface area contributed by atoms with Gasteiger partial charge in [-0.3, -0.25) is 0 Å². The van der Waals surface area contributed by atoms with Crippen LogP contribution < -0.4 is 10.5 Å². The van der Waals surface area contributed by atoms with Crippen molar-refractivity contribution in [2.24, 2.45) is 17.1 Å². The number of ether oxygens (including phenoxy) is 1. The smallest absolute Gasteiger partial charge is 0.137 e. The third kappa shape index (κ3) is 4.00. The molecule has 2 unspecified atom stereocenters. The van der Waals surface area contributed by atoms with Crippen molar-refractivity contribution in [3.63, 3.8) is 0 Å². The molecule has 0 aromatic heterocycles. The van der Waals surface area contributed by atoms with Gasteiger partial charge in [0.15, 0.2) is 0 Å². The molecule has 0 radical (unpaired) electrons. The Morgan fingerprint density at radius 2 is 2.16 bits per heavy atom.